The van der Waals surface area contributed by atoms with Crippen LogP contribution in [0.1, 0.15) is 28.9 Å². The molecule has 0 bridgehead atoms. The van der Waals surface area contributed by atoms with E-state index in [0.29, 0.717) is 16.3 Å². The molecule has 1 unspecified atom stereocenters. The monoisotopic (exact) mass is 374 g/mol. The van der Waals surface area contributed by atoms with Crippen molar-refractivity contribution in [2.24, 2.45) is 0 Å². The minimum absolute atomic E-state index is 0.0678. The van der Waals surface area contributed by atoms with Crippen molar-refractivity contribution in [2.75, 3.05) is 27.7 Å². The fourth-order valence-corrected chi connectivity index (χ4v) is 2.46. The van der Waals surface area contributed by atoms with E-state index in [1.165, 1.54) is 4.90 Å². The predicted molar refractivity (Wildman–Crippen MR) is 103 cm³/mol. The zero-order valence-electron chi connectivity index (χ0n) is 15.4. The van der Waals surface area contributed by atoms with E-state index in [1.54, 1.807) is 50.3 Å². The molecule has 2 rings (SSSR count). The molecule has 0 saturated heterocycles. The van der Waals surface area contributed by atoms with Crippen molar-refractivity contribution in [1.82, 2.24) is 9.80 Å². The highest BCUT2D eigenvalue weighted by atomic mass is 35.5. The quantitative estimate of drug-likeness (QED) is 0.775. The van der Waals surface area contributed by atoms with E-state index in [4.69, 9.17) is 16.3 Å². The number of likely N-dealkylation sites (N-methyl/N-ethyl adjacent to an activating group) is 1. The van der Waals surface area contributed by atoms with Crippen molar-refractivity contribution in [3.63, 3.8) is 0 Å². The van der Waals surface area contributed by atoms with Crippen molar-refractivity contribution in [2.45, 2.75) is 13.0 Å². The molecule has 2 aromatic carbocycles. The lowest BCUT2D eigenvalue weighted by Gasteiger charge is -2.25. The molecular weight excluding hydrogens is 352 g/mol. The van der Waals surface area contributed by atoms with Gasteiger partial charge in [0.1, 0.15) is 5.75 Å². The molecule has 26 heavy (non-hydrogen) atoms. The molecule has 6 heteroatoms. The van der Waals surface area contributed by atoms with Crippen molar-refractivity contribution < 1.29 is 14.3 Å². The standard InChI is InChI=1S/C20H23ClN2O3/c1-14(15-8-10-17(21)11-9-15)23(4)20(25)16-6-5-7-18(12-16)26-13-19(24)22(2)3/h5-12,14H,13H2,1-4H3. The molecule has 138 valence electrons. The minimum atomic E-state index is -0.143. The molecule has 0 aliphatic heterocycles. The molecule has 2 amide bonds. The van der Waals surface area contributed by atoms with Gasteiger partial charge < -0.3 is 14.5 Å². The zero-order valence-corrected chi connectivity index (χ0v) is 16.2. The summed E-state index contributed by atoms with van der Waals surface area (Å²) < 4.78 is 5.48. The Morgan fingerprint density at radius 3 is 2.35 bits per heavy atom. The molecule has 0 saturated carbocycles. The molecular formula is C20H23ClN2O3. The van der Waals surface area contributed by atoms with E-state index in [0.717, 1.165) is 5.56 Å². The Hall–Kier alpha value is -2.53. The number of benzene rings is 2. The molecule has 5 nitrogen and oxygen atoms in total. The Kier molecular flexibility index (Phi) is 6.64. The van der Waals surface area contributed by atoms with Crippen molar-refractivity contribution in [3.05, 3.63) is 64.7 Å². The molecule has 0 radical (unpaired) electrons. The van der Waals surface area contributed by atoms with Crippen molar-refractivity contribution >= 4 is 23.4 Å². The second kappa shape index (κ2) is 8.72. The summed E-state index contributed by atoms with van der Waals surface area (Å²) in [6.45, 7) is 1.89. The van der Waals surface area contributed by atoms with Gasteiger partial charge >= 0.3 is 0 Å². The smallest absolute Gasteiger partial charge is 0.259 e. The molecule has 0 N–H and O–H groups in total. The summed E-state index contributed by atoms with van der Waals surface area (Å²) in [5.74, 6) is 0.214. The van der Waals surface area contributed by atoms with E-state index in [-0.39, 0.29) is 24.5 Å². The average molecular weight is 375 g/mol. The van der Waals surface area contributed by atoms with Crippen LogP contribution in [-0.4, -0.2) is 49.4 Å². The number of rotatable bonds is 6. The van der Waals surface area contributed by atoms with Gasteiger partial charge in [-0.3, -0.25) is 9.59 Å². The minimum Gasteiger partial charge on any atom is -0.484 e. The predicted octanol–water partition coefficient (Wildman–Crippen LogP) is 3.64. The summed E-state index contributed by atoms with van der Waals surface area (Å²) in [6.07, 6.45) is 0. The number of hydrogen-bond donors (Lipinski definition) is 0. The van der Waals surface area contributed by atoms with Gasteiger partial charge in [-0.25, -0.2) is 0 Å². The molecule has 1 atom stereocenters. The summed E-state index contributed by atoms with van der Waals surface area (Å²) in [5.41, 5.74) is 1.50. The topological polar surface area (TPSA) is 49.9 Å². The first-order chi connectivity index (χ1) is 12.3. The van der Waals surface area contributed by atoms with Crippen LogP contribution in [0, 0.1) is 0 Å². The van der Waals surface area contributed by atoms with Gasteiger partial charge in [0.25, 0.3) is 11.8 Å². The second-order valence-corrected chi connectivity index (χ2v) is 6.68. The first-order valence-corrected chi connectivity index (χ1v) is 8.63. The Balaban J connectivity index is 2.09. The number of carbonyl (C=O) groups excluding carboxylic acids is 2. The van der Waals surface area contributed by atoms with Gasteiger partial charge in [-0.2, -0.15) is 0 Å². The first-order valence-electron chi connectivity index (χ1n) is 8.25. The maximum atomic E-state index is 12.8. The fourth-order valence-electron chi connectivity index (χ4n) is 2.34. The molecule has 0 spiro atoms. The molecule has 0 aliphatic rings. The van der Waals surface area contributed by atoms with E-state index in [9.17, 15) is 9.59 Å². The van der Waals surface area contributed by atoms with Gasteiger partial charge in [-0.05, 0) is 42.8 Å². The number of hydrogen-bond acceptors (Lipinski definition) is 3. The third-order valence-electron chi connectivity index (χ3n) is 4.20. The molecule has 0 aromatic heterocycles. The largest absolute Gasteiger partial charge is 0.484 e. The lowest BCUT2D eigenvalue weighted by atomic mass is 10.1. The highest BCUT2D eigenvalue weighted by molar-refractivity contribution is 6.30. The molecule has 0 aliphatic carbocycles. The van der Waals surface area contributed by atoms with Crippen LogP contribution in [0.3, 0.4) is 0 Å². The number of carbonyl (C=O) groups is 2. The lowest BCUT2D eigenvalue weighted by molar-refractivity contribution is -0.130. The van der Waals surface area contributed by atoms with Crippen LogP contribution in [0.4, 0.5) is 0 Å². The van der Waals surface area contributed by atoms with Gasteiger partial charge in [-0.1, -0.05) is 29.8 Å². The van der Waals surface area contributed by atoms with Gasteiger partial charge in [-0.15, -0.1) is 0 Å². The molecule has 2 aromatic rings. The Bertz CT molecular complexity index is 775. The normalized spacial score (nSPS) is 11.6. The summed E-state index contributed by atoms with van der Waals surface area (Å²) in [6, 6.07) is 14.2. The fraction of sp³-hybridized carbons (Fsp3) is 0.300. The van der Waals surface area contributed by atoms with Crippen molar-refractivity contribution in [3.8, 4) is 5.75 Å². The van der Waals surface area contributed by atoms with Crippen LogP contribution in [0.5, 0.6) is 5.75 Å². The maximum Gasteiger partial charge on any atom is 0.259 e. The van der Waals surface area contributed by atoms with Crippen LogP contribution in [-0.2, 0) is 4.79 Å². The Morgan fingerprint density at radius 2 is 1.73 bits per heavy atom. The van der Waals surface area contributed by atoms with Gasteiger partial charge in [0.05, 0.1) is 6.04 Å². The highest BCUT2D eigenvalue weighted by Gasteiger charge is 2.19. The highest BCUT2D eigenvalue weighted by Crippen LogP contribution is 2.23. The van der Waals surface area contributed by atoms with Crippen LogP contribution in [0.25, 0.3) is 0 Å². The Labute approximate surface area is 159 Å². The van der Waals surface area contributed by atoms with Gasteiger partial charge in [0, 0.05) is 31.7 Å². The van der Waals surface area contributed by atoms with E-state index < -0.39 is 0 Å². The number of ether oxygens (including phenoxy) is 1. The Morgan fingerprint density at radius 1 is 1.08 bits per heavy atom. The summed E-state index contributed by atoms with van der Waals surface area (Å²) in [4.78, 5) is 27.5. The van der Waals surface area contributed by atoms with E-state index in [2.05, 4.69) is 0 Å². The third kappa shape index (κ3) is 4.99. The van der Waals surface area contributed by atoms with Crippen LogP contribution in [0.2, 0.25) is 5.02 Å². The summed E-state index contributed by atoms with van der Waals surface area (Å²) in [7, 11) is 5.09. The van der Waals surface area contributed by atoms with Crippen LogP contribution >= 0.6 is 11.6 Å². The second-order valence-electron chi connectivity index (χ2n) is 6.25. The van der Waals surface area contributed by atoms with E-state index in [1.807, 2.05) is 31.2 Å². The lowest BCUT2D eigenvalue weighted by Crippen LogP contribution is -2.30. The maximum absolute atomic E-state index is 12.8. The van der Waals surface area contributed by atoms with Crippen LogP contribution < -0.4 is 4.74 Å². The summed E-state index contributed by atoms with van der Waals surface area (Å²) in [5, 5.41) is 0.659. The summed E-state index contributed by atoms with van der Waals surface area (Å²) >= 11 is 5.92. The van der Waals surface area contributed by atoms with Gasteiger partial charge in [0.2, 0.25) is 0 Å². The van der Waals surface area contributed by atoms with Crippen LogP contribution in [0.15, 0.2) is 48.5 Å². The number of nitrogens with zero attached hydrogens (tertiary/aromatic N) is 2. The molecule has 0 heterocycles. The number of halogens is 1. The number of amides is 2. The van der Waals surface area contributed by atoms with Crippen molar-refractivity contribution in [1.29, 1.82) is 0 Å². The first kappa shape index (κ1) is 19.8. The zero-order chi connectivity index (χ0) is 19.3. The van der Waals surface area contributed by atoms with E-state index >= 15 is 0 Å². The SMILES string of the molecule is CC(c1ccc(Cl)cc1)N(C)C(=O)c1cccc(OCC(=O)N(C)C)c1. The van der Waals surface area contributed by atoms with Gasteiger partial charge in [0.15, 0.2) is 6.61 Å². The average Bonchev–Trinajstić information content (AvgIpc) is 2.65. The third-order valence-corrected chi connectivity index (χ3v) is 4.45. The molecule has 0 fully saturated rings.